The van der Waals surface area contributed by atoms with Crippen LogP contribution in [0.25, 0.3) is 0 Å². The summed E-state index contributed by atoms with van der Waals surface area (Å²) >= 11 is 0. The molecule has 2 aromatic carbocycles. The lowest BCUT2D eigenvalue weighted by molar-refractivity contribution is 0.374. The molecule has 3 rings (SSSR count). The molecule has 0 N–H and O–H groups in total. The molecule has 96 valence electrons. The number of amidine groups is 1. The lowest BCUT2D eigenvalue weighted by atomic mass is 9.97. The van der Waals surface area contributed by atoms with Gasteiger partial charge in [0, 0.05) is 7.05 Å². The van der Waals surface area contributed by atoms with E-state index in [1.807, 2.05) is 0 Å². The largest absolute Gasteiger partial charge is 0.356 e. The van der Waals surface area contributed by atoms with Gasteiger partial charge in [0.1, 0.15) is 5.84 Å². The normalized spacial score (nSPS) is 18.5. The minimum Gasteiger partial charge on any atom is -0.356 e. The third kappa shape index (κ3) is 2.26. The summed E-state index contributed by atoms with van der Waals surface area (Å²) in [5.41, 5.74) is 3.77. The predicted molar refractivity (Wildman–Crippen MR) is 79.9 cm³/mol. The van der Waals surface area contributed by atoms with E-state index in [0.29, 0.717) is 6.04 Å². The van der Waals surface area contributed by atoms with Crippen LogP contribution in [0.5, 0.6) is 0 Å². The first kappa shape index (κ1) is 12.0. The average Bonchev–Trinajstić information content (AvgIpc) is 2.58. The van der Waals surface area contributed by atoms with Crippen LogP contribution in [0.2, 0.25) is 0 Å². The minimum absolute atomic E-state index is 0.355. The van der Waals surface area contributed by atoms with Gasteiger partial charge in [-0.3, -0.25) is 0 Å². The molecule has 1 aliphatic heterocycles. The van der Waals surface area contributed by atoms with E-state index in [9.17, 15) is 0 Å². The van der Waals surface area contributed by atoms with E-state index in [0.717, 1.165) is 17.9 Å². The fourth-order valence-corrected chi connectivity index (χ4v) is 2.63. The number of fused-ring (bicyclic) bond motifs is 1. The third-order valence-electron chi connectivity index (χ3n) is 3.85. The van der Waals surface area contributed by atoms with Crippen LogP contribution >= 0.6 is 0 Å². The molecule has 0 radical (unpaired) electrons. The second kappa shape index (κ2) is 4.88. The lowest BCUT2D eigenvalue weighted by Gasteiger charge is -2.28. The van der Waals surface area contributed by atoms with E-state index in [2.05, 4.69) is 73.5 Å². The van der Waals surface area contributed by atoms with Crippen molar-refractivity contribution in [2.75, 3.05) is 7.05 Å². The summed E-state index contributed by atoms with van der Waals surface area (Å²) in [7, 11) is 2.13. The van der Waals surface area contributed by atoms with Gasteiger partial charge in [0.2, 0.25) is 0 Å². The smallest absolute Gasteiger partial charge is 0.102 e. The molecule has 0 bridgehead atoms. The summed E-state index contributed by atoms with van der Waals surface area (Å²) in [6.45, 7) is 2.08. The molecule has 0 aromatic heterocycles. The van der Waals surface area contributed by atoms with Crippen molar-refractivity contribution in [2.24, 2.45) is 4.99 Å². The van der Waals surface area contributed by atoms with Crippen LogP contribution in [-0.4, -0.2) is 17.8 Å². The number of hydrogen-bond acceptors (Lipinski definition) is 2. The molecule has 0 fully saturated rings. The van der Waals surface area contributed by atoms with Crippen molar-refractivity contribution < 1.29 is 0 Å². The second-order valence-corrected chi connectivity index (χ2v) is 5.03. The zero-order valence-electron chi connectivity index (χ0n) is 11.4. The number of para-hydroxylation sites is 1. The summed E-state index contributed by atoms with van der Waals surface area (Å²) in [5.74, 6) is 1.07. The van der Waals surface area contributed by atoms with Gasteiger partial charge in [-0.1, -0.05) is 48.5 Å². The van der Waals surface area contributed by atoms with Gasteiger partial charge < -0.3 is 4.90 Å². The van der Waals surface area contributed by atoms with E-state index in [1.54, 1.807) is 0 Å². The van der Waals surface area contributed by atoms with Crippen LogP contribution in [0.15, 0.2) is 59.6 Å². The Morgan fingerprint density at radius 1 is 1.00 bits per heavy atom. The molecule has 0 unspecified atom stereocenters. The van der Waals surface area contributed by atoms with E-state index in [4.69, 9.17) is 4.99 Å². The summed E-state index contributed by atoms with van der Waals surface area (Å²) < 4.78 is 0. The van der Waals surface area contributed by atoms with Gasteiger partial charge in [0.15, 0.2) is 0 Å². The Hall–Kier alpha value is -2.09. The van der Waals surface area contributed by atoms with E-state index < -0.39 is 0 Å². The number of hydrogen-bond donors (Lipinski definition) is 0. The van der Waals surface area contributed by atoms with Gasteiger partial charge in [-0.25, -0.2) is 4.99 Å². The predicted octanol–water partition coefficient (Wildman–Crippen LogP) is 3.97. The maximum Gasteiger partial charge on any atom is 0.102 e. The monoisotopic (exact) mass is 250 g/mol. The highest BCUT2D eigenvalue weighted by Crippen LogP contribution is 2.32. The van der Waals surface area contributed by atoms with Crippen molar-refractivity contribution in [3.63, 3.8) is 0 Å². The van der Waals surface area contributed by atoms with Gasteiger partial charge in [0.05, 0.1) is 11.7 Å². The van der Waals surface area contributed by atoms with Gasteiger partial charge >= 0.3 is 0 Å². The first-order chi connectivity index (χ1) is 9.25. The topological polar surface area (TPSA) is 15.6 Å². The zero-order chi connectivity index (χ0) is 13.2. The van der Waals surface area contributed by atoms with Crippen LogP contribution in [0, 0.1) is 0 Å². The third-order valence-corrected chi connectivity index (χ3v) is 3.85. The Morgan fingerprint density at radius 3 is 2.47 bits per heavy atom. The molecule has 1 heterocycles. The number of nitrogens with zero attached hydrogens (tertiary/aromatic N) is 2. The molecular formula is C17H18N2. The van der Waals surface area contributed by atoms with Crippen LogP contribution in [0.1, 0.15) is 24.1 Å². The van der Waals surface area contributed by atoms with Crippen LogP contribution in [-0.2, 0) is 6.42 Å². The number of aliphatic imine (C=N–C) groups is 1. The molecule has 0 aliphatic carbocycles. The van der Waals surface area contributed by atoms with Crippen LogP contribution in [0.4, 0.5) is 5.69 Å². The number of likely N-dealkylation sites (N-methyl/N-ethyl adjacent to an activating group) is 1. The fourth-order valence-electron chi connectivity index (χ4n) is 2.63. The van der Waals surface area contributed by atoms with Crippen molar-refractivity contribution >= 4 is 11.5 Å². The highest BCUT2D eigenvalue weighted by molar-refractivity contribution is 5.84. The van der Waals surface area contributed by atoms with Gasteiger partial charge in [-0.2, -0.15) is 0 Å². The molecule has 0 spiro atoms. The molecule has 1 atom stereocenters. The first-order valence-corrected chi connectivity index (χ1v) is 6.66. The quantitative estimate of drug-likeness (QED) is 0.748. The van der Waals surface area contributed by atoms with Crippen molar-refractivity contribution in [3.8, 4) is 0 Å². The molecule has 0 amide bonds. The molecule has 0 saturated heterocycles. The van der Waals surface area contributed by atoms with Gasteiger partial charge in [-0.05, 0) is 30.5 Å². The van der Waals surface area contributed by atoms with Gasteiger partial charge in [-0.15, -0.1) is 0 Å². The number of benzene rings is 2. The Labute approximate surface area is 114 Å². The van der Waals surface area contributed by atoms with Crippen molar-refractivity contribution in [2.45, 2.75) is 19.4 Å². The summed E-state index contributed by atoms with van der Waals surface area (Å²) in [5, 5.41) is 0. The van der Waals surface area contributed by atoms with Crippen molar-refractivity contribution in [1.82, 2.24) is 4.90 Å². The van der Waals surface area contributed by atoms with Gasteiger partial charge in [0.25, 0.3) is 0 Å². The Kier molecular flexibility index (Phi) is 3.08. The SMILES string of the molecule is CC1=Nc2ccccc2C[C@H](c2ccccc2)N1C. The van der Waals surface area contributed by atoms with E-state index >= 15 is 0 Å². The molecular weight excluding hydrogens is 232 g/mol. The molecule has 2 aromatic rings. The summed E-state index contributed by atoms with van der Waals surface area (Å²) in [6.07, 6.45) is 0.998. The highest BCUT2D eigenvalue weighted by atomic mass is 15.2. The van der Waals surface area contributed by atoms with Crippen molar-refractivity contribution in [3.05, 3.63) is 65.7 Å². The molecule has 0 saturated carbocycles. The highest BCUT2D eigenvalue weighted by Gasteiger charge is 2.22. The van der Waals surface area contributed by atoms with Crippen LogP contribution in [0.3, 0.4) is 0 Å². The Bertz CT molecular complexity index is 602. The minimum atomic E-state index is 0.355. The fraction of sp³-hybridized carbons (Fsp3) is 0.235. The molecule has 2 nitrogen and oxygen atoms in total. The maximum atomic E-state index is 4.74. The summed E-state index contributed by atoms with van der Waals surface area (Å²) in [4.78, 5) is 7.01. The zero-order valence-corrected chi connectivity index (χ0v) is 11.4. The summed E-state index contributed by atoms with van der Waals surface area (Å²) in [6, 6.07) is 19.4. The first-order valence-electron chi connectivity index (χ1n) is 6.66. The standard InChI is InChI=1S/C17H18N2/c1-13-18-16-11-7-6-10-15(16)12-17(19(13)2)14-8-4-3-5-9-14/h3-11,17H,12H2,1-2H3/t17-/m1/s1. The van der Waals surface area contributed by atoms with Crippen molar-refractivity contribution in [1.29, 1.82) is 0 Å². The molecule has 19 heavy (non-hydrogen) atoms. The van der Waals surface area contributed by atoms with E-state index in [-0.39, 0.29) is 0 Å². The molecule has 2 heteroatoms. The van der Waals surface area contributed by atoms with Crippen LogP contribution < -0.4 is 0 Å². The second-order valence-electron chi connectivity index (χ2n) is 5.03. The van der Waals surface area contributed by atoms with E-state index in [1.165, 1.54) is 11.1 Å². The molecule has 1 aliphatic rings. The maximum absolute atomic E-state index is 4.74. The number of rotatable bonds is 1. The lowest BCUT2D eigenvalue weighted by Crippen LogP contribution is -2.29. The average molecular weight is 250 g/mol. The Balaban J connectivity index is 2.06. The Morgan fingerprint density at radius 2 is 1.68 bits per heavy atom.